The number of hydrogen-bond acceptors (Lipinski definition) is 3. The van der Waals surface area contributed by atoms with E-state index in [0.29, 0.717) is 5.56 Å². The highest BCUT2D eigenvalue weighted by molar-refractivity contribution is 5.93. The Balaban J connectivity index is 2.06. The van der Waals surface area contributed by atoms with Crippen LogP contribution in [0.15, 0.2) is 42.7 Å². The average Bonchev–Trinajstić information content (AvgIpc) is 2.40. The summed E-state index contributed by atoms with van der Waals surface area (Å²) in [5.41, 5.74) is 2.80. The average molecular weight is 241 g/mol. The van der Waals surface area contributed by atoms with Crippen LogP contribution < -0.4 is 5.32 Å². The van der Waals surface area contributed by atoms with E-state index in [4.69, 9.17) is 0 Å². The maximum atomic E-state index is 11.9. The fourth-order valence-electron chi connectivity index (χ4n) is 1.64. The van der Waals surface area contributed by atoms with Gasteiger partial charge in [0, 0.05) is 0 Å². The normalized spacial score (nSPS) is 11.9. The quantitative estimate of drug-likeness (QED) is 0.896. The molecule has 18 heavy (non-hydrogen) atoms. The Hall–Kier alpha value is -2.23. The molecule has 0 aliphatic rings. The molecule has 1 aromatic heterocycles. The molecule has 0 aliphatic carbocycles. The third-order valence-electron chi connectivity index (χ3n) is 2.77. The van der Waals surface area contributed by atoms with Crippen molar-refractivity contribution in [1.82, 2.24) is 15.5 Å². The lowest BCUT2D eigenvalue weighted by Crippen LogP contribution is -2.26. The van der Waals surface area contributed by atoms with Gasteiger partial charge in [-0.25, -0.2) is 0 Å². The zero-order valence-electron chi connectivity index (χ0n) is 10.4. The second kappa shape index (κ2) is 5.40. The maximum absolute atomic E-state index is 11.9. The number of carbonyl (C=O) groups is 1. The van der Waals surface area contributed by atoms with E-state index >= 15 is 0 Å². The van der Waals surface area contributed by atoms with Gasteiger partial charge in [0.1, 0.15) is 0 Å². The van der Waals surface area contributed by atoms with Crippen molar-refractivity contribution in [2.24, 2.45) is 0 Å². The number of hydrogen-bond donors (Lipinski definition) is 1. The van der Waals surface area contributed by atoms with Gasteiger partial charge in [0.25, 0.3) is 5.91 Å². The molecule has 1 aromatic carbocycles. The fourth-order valence-corrected chi connectivity index (χ4v) is 1.64. The van der Waals surface area contributed by atoms with Crippen LogP contribution in [0, 0.1) is 6.92 Å². The molecule has 92 valence electrons. The minimum atomic E-state index is -0.141. The largest absolute Gasteiger partial charge is 0.345 e. The van der Waals surface area contributed by atoms with Gasteiger partial charge in [-0.15, -0.1) is 0 Å². The first kappa shape index (κ1) is 12.2. The van der Waals surface area contributed by atoms with Crippen molar-refractivity contribution in [1.29, 1.82) is 0 Å². The first-order valence-corrected chi connectivity index (χ1v) is 5.81. The van der Waals surface area contributed by atoms with Crippen LogP contribution in [-0.4, -0.2) is 16.1 Å². The molecule has 1 heterocycles. The maximum Gasteiger partial charge on any atom is 0.253 e. The third-order valence-corrected chi connectivity index (χ3v) is 2.77. The summed E-state index contributed by atoms with van der Waals surface area (Å²) in [6.45, 7) is 3.99. The SMILES string of the molecule is Cc1ccc([C@@H](C)NC(=O)c2ccnnc2)cc1. The molecule has 0 fully saturated rings. The van der Waals surface area contributed by atoms with Crippen LogP contribution in [0.1, 0.15) is 34.5 Å². The molecule has 0 aliphatic heterocycles. The highest BCUT2D eigenvalue weighted by Gasteiger charge is 2.11. The monoisotopic (exact) mass is 241 g/mol. The van der Waals surface area contributed by atoms with Gasteiger partial charge in [-0.2, -0.15) is 10.2 Å². The Morgan fingerprint density at radius 1 is 1.17 bits per heavy atom. The smallest absolute Gasteiger partial charge is 0.253 e. The molecule has 2 rings (SSSR count). The molecule has 0 saturated carbocycles. The highest BCUT2D eigenvalue weighted by atomic mass is 16.1. The molecule has 0 unspecified atom stereocenters. The zero-order chi connectivity index (χ0) is 13.0. The molecular formula is C14H15N3O. The second-order valence-electron chi connectivity index (χ2n) is 4.24. The van der Waals surface area contributed by atoms with Crippen molar-refractivity contribution in [3.8, 4) is 0 Å². The standard InChI is InChI=1S/C14H15N3O/c1-10-3-5-12(6-4-10)11(2)17-14(18)13-7-8-15-16-9-13/h3-9,11H,1-2H3,(H,17,18)/t11-/m1/s1. The van der Waals surface area contributed by atoms with E-state index in [0.717, 1.165) is 5.56 Å². The van der Waals surface area contributed by atoms with Crippen molar-refractivity contribution in [3.05, 3.63) is 59.4 Å². The summed E-state index contributed by atoms with van der Waals surface area (Å²) in [4.78, 5) is 11.9. The van der Waals surface area contributed by atoms with Gasteiger partial charge in [-0.1, -0.05) is 29.8 Å². The molecule has 1 atom stereocenters. The van der Waals surface area contributed by atoms with Crippen LogP contribution in [0.5, 0.6) is 0 Å². The second-order valence-corrected chi connectivity index (χ2v) is 4.24. The summed E-state index contributed by atoms with van der Waals surface area (Å²) in [6, 6.07) is 9.71. The van der Waals surface area contributed by atoms with Crippen LogP contribution in [0.25, 0.3) is 0 Å². The van der Waals surface area contributed by atoms with Crippen LogP contribution in [-0.2, 0) is 0 Å². The number of benzene rings is 1. The summed E-state index contributed by atoms with van der Waals surface area (Å²) in [5.74, 6) is -0.141. The number of aromatic nitrogens is 2. The summed E-state index contributed by atoms with van der Waals surface area (Å²) in [7, 11) is 0. The summed E-state index contributed by atoms with van der Waals surface area (Å²) < 4.78 is 0. The lowest BCUT2D eigenvalue weighted by atomic mass is 10.1. The molecule has 1 amide bonds. The number of rotatable bonds is 3. The van der Waals surface area contributed by atoms with E-state index in [2.05, 4.69) is 15.5 Å². The Morgan fingerprint density at radius 2 is 1.89 bits per heavy atom. The first-order valence-electron chi connectivity index (χ1n) is 5.81. The van der Waals surface area contributed by atoms with Gasteiger partial charge < -0.3 is 5.32 Å². The minimum absolute atomic E-state index is 0.0359. The van der Waals surface area contributed by atoms with Crippen LogP contribution in [0.4, 0.5) is 0 Å². The summed E-state index contributed by atoms with van der Waals surface area (Å²) in [5, 5.41) is 10.3. The molecule has 4 heteroatoms. The van der Waals surface area contributed by atoms with E-state index in [1.54, 1.807) is 6.07 Å². The number of amides is 1. The van der Waals surface area contributed by atoms with E-state index in [-0.39, 0.29) is 11.9 Å². The Kier molecular flexibility index (Phi) is 3.67. The Morgan fingerprint density at radius 3 is 2.50 bits per heavy atom. The van der Waals surface area contributed by atoms with Crippen molar-refractivity contribution in [2.45, 2.75) is 19.9 Å². The number of nitrogens with zero attached hydrogens (tertiary/aromatic N) is 2. The Labute approximate surface area is 106 Å². The number of nitrogens with one attached hydrogen (secondary N) is 1. The van der Waals surface area contributed by atoms with Gasteiger partial charge >= 0.3 is 0 Å². The molecule has 0 radical (unpaired) electrons. The molecule has 1 N–H and O–H groups in total. The molecular weight excluding hydrogens is 226 g/mol. The summed E-state index contributed by atoms with van der Waals surface area (Å²) >= 11 is 0. The van der Waals surface area contributed by atoms with Crippen LogP contribution in [0.3, 0.4) is 0 Å². The van der Waals surface area contributed by atoms with Crippen molar-refractivity contribution >= 4 is 5.91 Å². The van der Waals surface area contributed by atoms with Gasteiger partial charge in [0.05, 0.1) is 24.0 Å². The minimum Gasteiger partial charge on any atom is -0.345 e. The molecule has 0 bridgehead atoms. The van der Waals surface area contributed by atoms with E-state index in [9.17, 15) is 4.79 Å². The predicted octanol–water partition coefficient (Wildman–Crippen LogP) is 2.28. The fraction of sp³-hybridized carbons (Fsp3) is 0.214. The lowest BCUT2D eigenvalue weighted by molar-refractivity contribution is 0.0939. The molecule has 2 aromatic rings. The zero-order valence-corrected chi connectivity index (χ0v) is 10.4. The van der Waals surface area contributed by atoms with Crippen molar-refractivity contribution in [3.63, 3.8) is 0 Å². The molecule has 0 spiro atoms. The van der Waals surface area contributed by atoms with Crippen molar-refractivity contribution in [2.75, 3.05) is 0 Å². The van der Waals surface area contributed by atoms with Crippen molar-refractivity contribution < 1.29 is 4.79 Å². The topological polar surface area (TPSA) is 54.9 Å². The molecule has 4 nitrogen and oxygen atoms in total. The van der Waals surface area contributed by atoms with Crippen LogP contribution >= 0.6 is 0 Å². The first-order chi connectivity index (χ1) is 8.66. The van der Waals surface area contributed by atoms with Gasteiger partial charge in [0.2, 0.25) is 0 Å². The molecule has 0 saturated heterocycles. The van der Waals surface area contributed by atoms with Gasteiger partial charge in [-0.05, 0) is 25.5 Å². The number of carbonyl (C=O) groups excluding carboxylic acids is 1. The van der Waals surface area contributed by atoms with E-state index in [1.807, 2.05) is 38.1 Å². The lowest BCUT2D eigenvalue weighted by Gasteiger charge is -2.14. The van der Waals surface area contributed by atoms with Crippen LogP contribution in [0.2, 0.25) is 0 Å². The summed E-state index contributed by atoms with van der Waals surface area (Å²) in [6.07, 6.45) is 2.96. The highest BCUT2D eigenvalue weighted by Crippen LogP contribution is 2.13. The van der Waals surface area contributed by atoms with E-state index < -0.39 is 0 Å². The third kappa shape index (κ3) is 2.91. The number of aryl methyl sites for hydroxylation is 1. The Bertz CT molecular complexity index is 522. The van der Waals surface area contributed by atoms with Gasteiger partial charge in [0.15, 0.2) is 0 Å². The van der Waals surface area contributed by atoms with E-state index in [1.165, 1.54) is 18.0 Å². The predicted molar refractivity (Wildman–Crippen MR) is 69.1 cm³/mol. The van der Waals surface area contributed by atoms with Gasteiger partial charge in [-0.3, -0.25) is 4.79 Å².